The molecule has 0 aromatic heterocycles. The fourth-order valence-corrected chi connectivity index (χ4v) is 5.31. The van der Waals surface area contributed by atoms with E-state index in [1.165, 1.54) is 16.4 Å². The molecular weight excluding hydrogens is 442 g/mol. The van der Waals surface area contributed by atoms with E-state index in [1.807, 2.05) is 0 Å². The molecule has 12 heteroatoms. The zero-order valence-electron chi connectivity index (χ0n) is 17.4. The Kier molecular flexibility index (Phi) is 6.51. The summed E-state index contributed by atoms with van der Waals surface area (Å²) < 4.78 is 43.8. The molecule has 32 heavy (non-hydrogen) atoms. The summed E-state index contributed by atoms with van der Waals surface area (Å²) in [6, 6.07) is 4.08. The van der Waals surface area contributed by atoms with Crippen LogP contribution in [0.2, 0.25) is 0 Å². The smallest absolute Gasteiger partial charge is 0.324 e. The lowest BCUT2D eigenvalue weighted by molar-refractivity contribution is -0.150. The molecule has 0 saturated carbocycles. The third kappa shape index (κ3) is 4.65. The molecule has 0 bridgehead atoms. The fraction of sp³-hybridized carbons (Fsp3) is 0.550. The van der Waals surface area contributed by atoms with Gasteiger partial charge in [-0.1, -0.05) is 0 Å². The highest BCUT2D eigenvalue weighted by Crippen LogP contribution is 2.33. The van der Waals surface area contributed by atoms with Gasteiger partial charge in [0.15, 0.2) is 11.5 Å². The Hall–Kier alpha value is -2.86. The lowest BCUT2D eigenvalue weighted by Crippen LogP contribution is -2.41. The maximum absolute atomic E-state index is 13.1. The number of sulfonamides is 1. The van der Waals surface area contributed by atoms with Crippen molar-refractivity contribution in [1.29, 1.82) is 0 Å². The lowest BCUT2D eigenvalue weighted by atomic mass is 9.98. The minimum Gasteiger partial charge on any atom is -0.490 e. The van der Waals surface area contributed by atoms with Crippen LogP contribution < -0.4 is 14.8 Å². The van der Waals surface area contributed by atoms with Crippen LogP contribution in [0.3, 0.4) is 0 Å². The molecule has 11 nitrogen and oxygen atoms in total. The molecule has 0 aliphatic carbocycles. The van der Waals surface area contributed by atoms with Crippen molar-refractivity contribution in [1.82, 2.24) is 14.5 Å². The first kappa shape index (κ1) is 22.3. The highest BCUT2D eigenvalue weighted by Gasteiger charge is 2.34. The Balaban J connectivity index is 1.30. The van der Waals surface area contributed by atoms with Crippen LogP contribution in [-0.2, 0) is 24.3 Å². The zero-order chi connectivity index (χ0) is 22.7. The van der Waals surface area contributed by atoms with Gasteiger partial charge in [0.2, 0.25) is 15.9 Å². The van der Waals surface area contributed by atoms with Crippen LogP contribution in [0.5, 0.6) is 11.5 Å². The van der Waals surface area contributed by atoms with E-state index < -0.39 is 27.9 Å². The number of carbonyl (C=O) groups excluding carboxylic acids is 3. The normalized spacial score (nSPS) is 20.1. The van der Waals surface area contributed by atoms with Crippen LogP contribution in [0.25, 0.3) is 0 Å². The zero-order valence-corrected chi connectivity index (χ0v) is 18.3. The molecule has 1 aromatic carbocycles. The summed E-state index contributed by atoms with van der Waals surface area (Å²) >= 11 is 0. The van der Waals surface area contributed by atoms with E-state index in [4.69, 9.17) is 14.2 Å². The van der Waals surface area contributed by atoms with Gasteiger partial charge in [-0.3, -0.25) is 14.5 Å². The first-order valence-corrected chi connectivity index (χ1v) is 11.9. The third-order valence-electron chi connectivity index (χ3n) is 5.64. The number of benzene rings is 1. The molecule has 2 fully saturated rings. The number of piperidine rings is 1. The van der Waals surface area contributed by atoms with Gasteiger partial charge >= 0.3 is 12.0 Å². The summed E-state index contributed by atoms with van der Waals surface area (Å²) in [5.41, 5.74) is 0. The second kappa shape index (κ2) is 9.33. The molecule has 1 aromatic rings. The molecule has 0 unspecified atom stereocenters. The van der Waals surface area contributed by atoms with Gasteiger partial charge in [0.05, 0.1) is 37.1 Å². The number of hydrogen-bond acceptors (Lipinski definition) is 8. The number of imide groups is 1. The number of rotatable bonds is 6. The van der Waals surface area contributed by atoms with Crippen LogP contribution in [0, 0.1) is 5.92 Å². The first-order valence-electron chi connectivity index (χ1n) is 10.5. The number of fused-ring (bicyclic) bond motifs is 1. The molecule has 174 valence electrons. The number of urea groups is 1. The number of ether oxygens (including phenoxy) is 3. The van der Waals surface area contributed by atoms with Crippen LogP contribution in [0.4, 0.5) is 4.79 Å². The van der Waals surface area contributed by atoms with Gasteiger partial charge < -0.3 is 19.5 Å². The molecule has 0 atom stereocenters. The van der Waals surface area contributed by atoms with E-state index in [-0.39, 0.29) is 43.6 Å². The van der Waals surface area contributed by atoms with Gasteiger partial charge in [-0.2, -0.15) is 4.31 Å². The van der Waals surface area contributed by atoms with E-state index in [0.717, 1.165) is 11.3 Å². The van der Waals surface area contributed by atoms with Crippen molar-refractivity contribution < 1.29 is 37.0 Å². The van der Waals surface area contributed by atoms with Gasteiger partial charge in [0.25, 0.3) is 0 Å². The average molecular weight is 468 g/mol. The Morgan fingerprint density at radius 2 is 1.84 bits per heavy atom. The summed E-state index contributed by atoms with van der Waals surface area (Å²) in [6.45, 7) is 1.20. The molecule has 0 spiro atoms. The van der Waals surface area contributed by atoms with Crippen LogP contribution in [0.15, 0.2) is 23.1 Å². The highest BCUT2D eigenvalue weighted by molar-refractivity contribution is 7.89. The number of nitrogens with one attached hydrogen (secondary N) is 1. The number of amides is 3. The minimum atomic E-state index is -3.74. The molecule has 3 aliphatic heterocycles. The van der Waals surface area contributed by atoms with E-state index >= 15 is 0 Å². The lowest BCUT2D eigenvalue weighted by Gasteiger charge is -2.30. The van der Waals surface area contributed by atoms with E-state index in [2.05, 4.69) is 5.32 Å². The molecule has 2 saturated heterocycles. The van der Waals surface area contributed by atoms with Crippen LogP contribution >= 0.6 is 0 Å². The Morgan fingerprint density at radius 3 is 2.53 bits per heavy atom. The van der Waals surface area contributed by atoms with E-state index in [0.29, 0.717) is 37.6 Å². The predicted molar refractivity (Wildman–Crippen MR) is 110 cm³/mol. The minimum absolute atomic E-state index is 0.00621. The fourth-order valence-electron chi connectivity index (χ4n) is 3.82. The summed E-state index contributed by atoms with van der Waals surface area (Å²) in [5, 5.41) is 2.39. The number of hydrogen-bond donors (Lipinski definition) is 1. The SMILES string of the molecule is O=C(OCCN1C(=O)CNC1=O)C1CCN(S(=O)(=O)c2ccc3c(c2)OCCCO3)CC1. The van der Waals surface area contributed by atoms with E-state index in [9.17, 15) is 22.8 Å². The summed E-state index contributed by atoms with van der Waals surface area (Å²) in [4.78, 5) is 36.5. The molecular formula is C20H25N3O8S. The Morgan fingerprint density at radius 1 is 1.12 bits per heavy atom. The molecule has 3 aliphatic rings. The van der Waals surface area contributed by atoms with Crippen molar-refractivity contribution in [2.45, 2.75) is 24.2 Å². The molecule has 4 rings (SSSR count). The van der Waals surface area contributed by atoms with Gasteiger partial charge in [0.1, 0.15) is 6.61 Å². The maximum Gasteiger partial charge on any atom is 0.324 e. The van der Waals surface area contributed by atoms with Crippen LogP contribution in [0.1, 0.15) is 19.3 Å². The maximum atomic E-state index is 13.1. The molecule has 3 heterocycles. The van der Waals surface area contributed by atoms with Crippen molar-refractivity contribution in [3.8, 4) is 11.5 Å². The Bertz CT molecular complexity index is 988. The molecule has 0 radical (unpaired) electrons. The first-order chi connectivity index (χ1) is 15.4. The summed E-state index contributed by atoms with van der Waals surface area (Å²) in [6.07, 6.45) is 1.37. The van der Waals surface area contributed by atoms with Gasteiger partial charge in [-0.25, -0.2) is 13.2 Å². The van der Waals surface area contributed by atoms with Crippen molar-refractivity contribution in [2.24, 2.45) is 5.92 Å². The van der Waals surface area contributed by atoms with Gasteiger partial charge in [0, 0.05) is 25.6 Å². The van der Waals surface area contributed by atoms with Crippen molar-refractivity contribution >= 4 is 27.9 Å². The standard InChI is InChI=1S/C20H25N3O8S/c24-18-13-21-20(26)23(18)8-11-31-19(25)14-4-6-22(7-5-14)32(27,28)15-2-3-16-17(12-15)30-10-1-9-29-16/h2-3,12,14H,1,4-11,13H2,(H,21,26). The highest BCUT2D eigenvalue weighted by atomic mass is 32.2. The molecule has 1 N–H and O–H groups in total. The van der Waals surface area contributed by atoms with Gasteiger partial charge in [-0.05, 0) is 25.0 Å². The average Bonchev–Trinajstić information content (AvgIpc) is 2.98. The number of esters is 1. The number of carbonyl (C=O) groups is 3. The predicted octanol–water partition coefficient (Wildman–Crippen LogP) is 0.344. The summed E-state index contributed by atoms with van der Waals surface area (Å²) in [7, 11) is -3.74. The summed E-state index contributed by atoms with van der Waals surface area (Å²) in [5.74, 6) is -0.319. The topological polar surface area (TPSA) is 132 Å². The van der Waals surface area contributed by atoms with Crippen molar-refractivity contribution in [2.75, 3.05) is 46.0 Å². The van der Waals surface area contributed by atoms with E-state index in [1.54, 1.807) is 6.07 Å². The van der Waals surface area contributed by atoms with Crippen molar-refractivity contribution in [3.63, 3.8) is 0 Å². The molecule has 3 amide bonds. The quantitative estimate of drug-likeness (QED) is 0.468. The van der Waals surface area contributed by atoms with Crippen molar-refractivity contribution in [3.05, 3.63) is 18.2 Å². The Labute approximate surface area is 185 Å². The second-order valence-electron chi connectivity index (χ2n) is 7.71. The van der Waals surface area contributed by atoms with Gasteiger partial charge in [-0.15, -0.1) is 0 Å². The third-order valence-corrected chi connectivity index (χ3v) is 7.53. The monoisotopic (exact) mass is 467 g/mol. The second-order valence-corrected chi connectivity index (χ2v) is 9.65. The number of nitrogens with zero attached hydrogens (tertiary/aromatic N) is 2. The van der Waals surface area contributed by atoms with Crippen LogP contribution in [-0.4, -0.2) is 81.5 Å². The largest absolute Gasteiger partial charge is 0.490 e.